The van der Waals surface area contributed by atoms with Gasteiger partial charge in [-0.05, 0) is 30.7 Å². The molecule has 36 heavy (non-hydrogen) atoms. The molecule has 0 bridgehead atoms. The maximum Gasteiger partial charge on any atom is 0.259 e. The SMILES string of the molecule is C[C@H](CO)N1C[C@H](C)[C@@H](CN(C)C(=O)Cc2cccnc2)Oc2ncc(-c3cccnc3)cc2C1=O. The van der Waals surface area contributed by atoms with E-state index in [4.69, 9.17) is 4.74 Å². The van der Waals surface area contributed by atoms with Crippen molar-refractivity contribution in [2.45, 2.75) is 32.4 Å². The number of carbonyl (C=O) groups excluding carboxylic acids is 2. The first-order valence-electron chi connectivity index (χ1n) is 12.0. The lowest BCUT2D eigenvalue weighted by Crippen LogP contribution is -2.50. The molecule has 9 heteroatoms. The summed E-state index contributed by atoms with van der Waals surface area (Å²) < 4.78 is 6.30. The van der Waals surface area contributed by atoms with Crippen LogP contribution in [-0.2, 0) is 11.2 Å². The van der Waals surface area contributed by atoms with Gasteiger partial charge in [-0.15, -0.1) is 0 Å². The lowest BCUT2D eigenvalue weighted by Gasteiger charge is -2.37. The summed E-state index contributed by atoms with van der Waals surface area (Å²) in [4.78, 5) is 42.5. The maximum atomic E-state index is 13.6. The lowest BCUT2D eigenvalue weighted by molar-refractivity contribution is -0.130. The van der Waals surface area contributed by atoms with Crippen LogP contribution >= 0.6 is 0 Å². The first kappa shape index (κ1) is 25.2. The number of hydrogen-bond acceptors (Lipinski definition) is 7. The van der Waals surface area contributed by atoms with Crippen LogP contribution in [0, 0.1) is 5.92 Å². The van der Waals surface area contributed by atoms with Crippen molar-refractivity contribution in [2.75, 3.05) is 26.7 Å². The summed E-state index contributed by atoms with van der Waals surface area (Å²) in [5.41, 5.74) is 2.72. The number of aliphatic hydroxyl groups is 1. The summed E-state index contributed by atoms with van der Waals surface area (Å²) in [5, 5.41) is 9.85. The van der Waals surface area contributed by atoms with Crippen molar-refractivity contribution in [3.05, 3.63) is 72.4 Å². The van der Waals surface area contributed by atoms with E-state index in [0.717, 1.165) is 16.7 Å². The normalized spacial score (nSPS) is 18.4. The van der Waals surface area contributed by atoms with E-state index < -0.39 is 12.1 Å². The molecule has 0 unspecified atom stereocenters. The highest BCUT2D eigenvalue weighted by Crippen LogP contribution is 2.30. The molecule has 3 aromatic rings. The van der Waals surface area contributed by atoms with Gasteiger partial charge in [-0.3, -0.25) is 19.6 Å². The Hall–Kier alpha value is -3.85. The van der Waals surface area contributed by atoms with E-state index in [-0.39, 0.29) is 36.6 Å². The minimum atomic E-state index is -0.412. The summed E-state index contributed by atoms with van der Waals surface area (Å²) in [5.74, 6) is -0.217. The highest BCUT2D eigenvalue weighted by molar-refractivity contribution is 5.98. The molecule has 0 aromatic carbocycles. The summed E-state index contributed by atoms with van der Waals surface area (Å²) in [6, 6.07) is 8.75. The van der Waals surface area contributed by atoms with E-state index in [9.17, 15) is 14.7 Å². The number of ether oxygens (including phenoxy) is 1. The fraction of sp³-hybridized carbons (Fsp3) is 0.370. The molecule has 0 saturated carbocycles. The summed E-state index contributed by atoms with van der Waals surface area (Å²) in [7, 11) is 1.74. The average molecular weight is 490 g/mol. The Morgan fingerprint density at radius 3 is 2.61 bits per heavy atom. The third-order valence-corrected chi connectivity index (χ3v) is 6.47. The van der Waals surface area contributed by atoms with Crippen LogP contribution in [0.25, 0.3) is 11.1 Å². The topological polar surface area (TPSA) is 109 Å². The molecule has 3 aromatic heterocycles. The molecular formula is C27H31N5O4. The molecule has 4 rings (SSSR count). The van der Waals surface area contributed by atoms with E-state index in [1.807, 2.05) is 32.0 Å². The van der Waals surface area contributed by atoms with Crippen LogP contribution in [0.2, 0.25) is 0 Å². The van der Waals surface area contributed by atoms with Gasteiger partial charge in [-0.25, -0.2) is 4.98 Å². The number of aliphatic hydroxyl groups excluding tert-OH is 1. The number of amides is 2. The van der Waals surface area contributed by atoms with Gasteiger partial charge in [0.05, 0.1) is 25.6 Å². The van der Waals surface area contributed by atoms with Crippen molar-refractivity contribution >= 4 is 11.8 Å². The van der Waals surface area contributed by atoms with Crippen LogP contribution < -0.4 is 4.74 Å². The van der Waals surface area contributed by atoms with Gasteiger partial charge in [0.25, 0.3) is 5.91 Å². The van der Waals surface area contributed by atoms with Crippen LogP contribution in [0.5, 0.6) is 5.88 Å². The van der Waals surface area contributed by atoms with Crippen LogP contribution in [0.3, 0.4) is 0 Å². The molecule has 0 spiro atoms. The zero-order valence-corrected chi connectivity index (χ0v) is 20.7. The Labute approximate surface area is 210 Å². The first-order valence-corrected chi connectivity index (χ1v) is 12.0. The second-order valence-corrected chi connectivity index (χ2v) is 9.25. The molecule has 3 atom stereocenters. The minimum absolute atomic E-state index is 0.0578. The van der Waals surface area contributed by atoms with Gasteiger partial charge in [-0.2, -0.15) is 0 Å². The largest absolute Gasteiger partial charge is 0.472 e. The Morgan fingerprint density at radius 1 is 1.19 bits per heavy atom. The predicted octanol–water partition coefficient (Wildman–Crippen LogP) is 2.46. The number of rotatable bonds is 7. The van der Waals surface area contributed by atoms with Gasteiger partial charge in [0.1, 0.15) is 11.7 Å². The predicted molar refractivity (Wildman–Crippen MR) is 134 cm³/mol. The molecule has 1 N–H and O–H groups in total. The zero-order chi connectivity index (χ0) is 25.7. The summed E-state index contributed by atoms with van der Waals surface area (Å²) in [6.07, 6.45) is 8.22. The number of aromatic nitrogens is 3. The Morgan fingerprint density at radius 2 is 1.94 bits per heavy atom. The summed E-state index contributed by atoms with van der Waals surface area (Å²) in [6.45, 7) is 4.30. The number of likely N-dealkylation sites (N-methyl/N-ethyl adjacent to an activating group) is 1. The van der Waals surface area contributed by atoms with Crippen LogP contribution in [0.4, 0.5) is 0 Å². The molecule has 2 amide bonds. The number of nitrogens with zero attached hydrogens (tertiary/aromatic N) is 5. The smallest absolute Gasteiger partial charge is 0.259 e. The van der Waals surface area contributed by atoms with Gasteiger partial charge in [-0.1, -0.05) is 19.1 Å². The van der Waals surface area contributed by atoms with Gasteiger partial charge in [0.2, 0.25) is 11.8 Å². The second kappa shape index (κ2) is 11.3. The summed E-state index contributed by atoms with van der Waals surface area (Å²) >= 11 is 0. The fourth-order valence-electron chi connectivity index (χ4n) is 4.20. The second-order valence-electron chi connectivity index (χ2n) is 9.25. The minimum Gasteiger partial charge on any atom is -0.472 e. The number of hydrogen-bond donors (Lipinski definition) is 1. The van der Waals surface area contributed by atoms with Crippen molar-refractivity contribution in [2.24, 2.45) is 5.92 Å². The Bertz CT molecular complexity index is 1190. The maximum absolute atomic E-state index is 13.6. The fourth-order valence-corrected chi connectivity index (χ4v) is 4.20. The molecule has 0 fully saturated rings. The van der Waals surface area contributed by atoms with E-state index >= 15 is 0 Å². The molecule has 0 saturated heterocycles. The molecule has 1 aliphatic heterocycles. The molecular weight excluding hydrogens is 458 g/mol. The molecule has 4 heterocycles. The quantitative estimate of drug-likeness (QED) is 0.543. The zero-order valence-electron chi connectivity index (χ0n) is 20.7. The highest BCUT2D eigenvalue weighted by Gasteiger charge is 2.34. The van der Waals surface area contributed by atoms with Crippen molar-refractivity contribution in [3.63, 3.8) is 0 Å². The van der Waals surface area contributed by atoms with E-state index in [1.54, 1.807) is 60.0 Å². The van der Waals surface area contributed by atoms with Crippen LogP contribution in [0.15, 0.2) is 61.3 Å². The van der Waals surface area contributed by atoms with Crippen molar-refractivity contribution < 1.29 is 19.4 Å². The molecule has 0 radical (unpaired) electrons. The Balaban J connectivity index is 1.62. The van der Waals surface area contributed by atoms with Gasteiger partial charge >= 0.3 is 0 Å². The molecule has 9 nitrogen and oxygen atoms in total. The molecule has 0 aliphatic carbocycles. The van der Waals surface area contributed by atoms with Crippen molar-refractivity contribution in [3.8, 4) is 17.0 Å². The number of fused-ring (bicyclic) bond motifs is 1. The van der Waals surface area contributed by atoms with E-state index in [0.29, 0.717) is 18.7 Å². The Kier molecular flexibility index (Phi) is 7.90. The van der Waals surface area contributed by atoms with Gasteiger partial charge < -0.3 is 19.6 Å². The van der Waals surface area contributed by atoms with Crippen LogP contribution in [0.1, 0.15) is 29.8 Å². The highest BCUT2D eigenvalue weighted by atomic mass is 16.5. The van der Waals surface area contributed by atoms with Gasteiger partial charge in [0.15, 0.2) is 0 Å². The average Bonchev–Trinajstić information content (AvgIpc) is 2.91. The van der Waals surface area contributed by atoms with Gasteiger partial charge in [0, 0.05) is 61.6 Å². The standard InChI is InChI=1S/C27H31N5O4/c1-18-15-32(19(2)17-33)27(35)23-11-22(21-7-5-9-29-13-21)14-30-26(23)36-24(18)16-31(3)25(34)10-20-6-4-8-28-12-20/h4-9,11-14,18-19,24,33H,10,15-17H2,1-3H3/t18-,19+,24+/m0/s1. The molecule has 1 aliphatic rings. The third kappa shape index (κ3) is 5.68. The van der Waals surface area contributed by atoms with E-state index in [2.05, 4.69) is 15.0 Å². The first-order chi connectivity index (χ1) is 17.4. The number of pyridine rings is 3. The third-order valence-electron chi connectivity index (χ3n) is 6.47. The van der Waals surface area contributed by atoms with E-state index in [1.165, 1.54) is 0 Å². The van der Waals surface area contributed by atoms with Crippen LogP contribution in [-0.4, -0.2) is 80.6 Å². The number of carbonyl (C=O) groups is 2. The lowest BCUT2D eigenvalue weighted by atomic mass is 9.99. The molecule has 188 valence electrons. The van der Waals surface area contributed by atoms with Crippen molar-refractivity contribution in [1.29, 1.82) is 0 Å². The monoisotopic (exact) mass is 489 g/mol. The van der Waals surface area contributed by atoms with Crippen molar-refractivity contribution in [1.82, 2.24) is 24.8 Å².